The molecule has 1 aliphatic heterocycles. The van der Waals surface area contributed by atoms with Crippen molar-refractivity contribution < 1.29 is 14.3 Å². The van der Waals surface area contributed by atoms with Crippen LogP contribution in [0.2, 0.25) is 0 Å². The molecule has 2 atom stereocenters. The van der Waals surface area contributed by atoms with Gasteiger partial charge in [-0.05, 0) is 39.6 Å². The Morgan fingerprint density at radius 1 is 1.20 bits per heavy atom. The highest BCUT2D eigenvalue weighted by molar-refractivity contribution is 5.88. The number of aryl methyl sites for hydroxylation is 1. The standard InChI is InChI=1S/C24H31N3O3/c1-17-8-7-9-19(12-17)13-23(28)25-18(2)24(29)27-14-20-10-5-6-11-22(20)30-16-21(27)15-26(3)4/h5-12,18,21H,13-16H2,1-4H3,(H,25,28). The first-order chi connectivity index (χ1) is 14.3. The van der Waals surface area contributed by atoms with Crippen molar-refractivity contribution in [3.8, 4) is 5.75 Å². The predicted molar refractivity (Wildman–Crippen MR) is 117 cm³/mol. The van der Waals surface area contributed by atoms with Gasteiger partial charge in [-0.1, -0.05) is 48.0 Å². The number of benzene rings is 2. The smallest absolute Gasteiger partial charge is 0.245 e. The first-order valence-electron chi connectivity index (χ1n) is 10.3. The van der Waals surface area contributed by atoms with Crippen molar-refractivity contribution in [2.24, 2.45) is 0 Å². The Balaban J connectivity index is 1.71. The monoisotopic (exact) mass is 409 g/mol. The van der Waals surface area contributed by atoms with Crippen LogP contribution in [0.1, 0.15) is 23.6 Å². The summed E-state index contributed by atoms with van der Waals surface area (Å²) in [5.74, 6) is 0.560. The number of fused-ring (bicyclic) bond motifs is 1. The van der Waals surface area contributed by atoms with E-state index in [1.165, 1.54) is 0 Å². The van der Waals surface area contributed by atoms with Crippen LogP contribution in [0.25, 0.3) is 0 Å². The fourth-order valence-corrected chi connectivity index (χ4v) is 3.80. The van der Waals surface area contributed by atoms with Crippen molar-refractivity contribution in [1.82, 2.24) is 15.1 Å². The Labute approximate surface area is 178 Å². The van der Waals surface area contributed by atoms with Gasteiger partial charge in [0.2, 0.25) is 11.8 Å². The summed E-state index contributed by atoms with van der Waals surface area (Å²) in [6, 6.07) is 14.9. The van der Waals surface area contributed by atoms with Crippen LogP contribution in [0.3, 0.4) is 0 Å². The second kappa shape index (κ2) is 9.76. The molecule has 0 bridgehead atoms. The topological polar surface area (TPSA) is 61.9 Å². The number of hydrogen-bond donors (Lipinski definition) is 1. The summed E-state index contributed by atoms with van der Waals surface area (Å²) < 4.78 is 5.99. The van der Waals surface area contributed by atoms with Crippen LogP contribution >= 0.6 is 0 Å². The molecular formula is C24H31N3O3. The fourth-order valence-electron chi connectivity index (χ4n) is 3.80. The highest BCUT2D eigenvalue weighted by Crippen LogP contribution is 2.25. The maximum Gasteiger partial charge on any atom is 0.245 e. The minimum Gasteiger partial charge on any atom is -0.491 e. The summed E-state index contributed by atoms with van der Waals surface area (Å²) in [4.78, 5) is 29.7. The number of rotatable bonds is 6. The van der Waals surface area contributed by atoms with Crippen LogP contribution in [-0.4, -0.2) is 60.9 Å². The zero-order valence-electron chi connectivity index (χ0n) is 18.2. The molecule has 1 heterocycles. The van der Waals surface area contributed by atoms with Crippen molar-refractivity contribution in [3.63, 3.8) is 0 Å². The SMILES string of the molecule is Cc1cccc(CC(=O)NC(C)C(=O)N2Cc3ccccc3OCC2CN(C)C)c1. The van der Waals surface area contributed by atoms with Crippen LogP contribution in [0, 0.1) is 6.92 Å². The highest BCUT2D eigenvalue weighted by atomic mass is 16.5. The Hall–Kier alpha value is -2.86. The molecule has 0 aliphatic carbocycles. The summed E-state index contributed by atoms with van der Waals surface area (Å²) in [6.07, 6.45) is 0.256. The summed E-state index contributed by atoms with van der Waals surface area (Å²) in [7, 11) is 3.96. The molecule has 2 aromatic rings. The number of nitrogens with one attached hydrogen (secondary N) is 1. The van der Waals surface area contributed by atoms with Gasteiger partial charge in [-0.25, -0.2) is 0 Å². The van der Waals surface area contributed by atoms with Gasteiger partial charge in [-0.2, -0.15) is 0 Å². The average Bonchev–Trinajstić information content (AvgIpc) is 2.86. The van der Waals surface area contributed by atoms with Crippen molar-refractivity contribution in [2.75, 3.05) is 27.2 Å². The third-order valence-electron chi connectivity index (χ3n) is 5.24. The highest BCUT2D eigenvalue weighted by Gasteiger charge is 2.32. The first kappa shape index (κ1) is 21.8. The minimum absolute atomic E-state index is 0.0975. The fraction of sp³-hybridized carbons (Fsp3) is 0.417. The Kier molecular flexibility index (Phi) is 7.11. The maximum absolute atomic E-state index is 13.3. The van der Waals surface area contributed by atoms with E-state index in [1.54, 1.807) is 6.92 Å². The van der Waals surface area contributed by atoms with Gasteiger partial charge in [0.1, 0.15) is 18.4 Å². The normalized spacial score (nSPS) is 17.0. The number of carbonyl (C=O) groups is 2. The molecule has 2 amide bonds. The van der Waals surface area contributed by atoms with Crippen molar-refractivity contribution in [2.45, 2.75) is 38.9 Å². The van der Waals surface area contributed by atoms with Gasteiger partial charge >= 0.3 is 0 Å². The van der Waals surface area contributed by atoms with Gasteiger partial charge in [-0.3, -0.25) is 9.59 Å². The van der Waals surface area contributed by atoms with Gasteiger partial charge in [0.05, 0.1) is 12.5 Å². The molecule has 0 aromatic heterocycles. The molecule has 0 radical (unpaired) electrons. The second-order valence-electron chi connectivity index (χ2n) is 8.26. The lowest BCUT2D eigenvalue weighted by Gasteiger charge is -2.33. The van der Waals surface area contributed by atoms with E-state index >= 15 is 0 Å². The molecule has 30 heavy (non-hydrogen) atoms. The van der Waals surface area contributed by atoms with E-state index in [2.05, 4.69) is 5.32 Å². The summed E-state index contributed by atoms with van der Waals surface area (Å²) in [6.45, 7) is 5.32. The van der Waals surface area contributed by atoms with E-state index < -0.39 is 6.04 Å². The van der Waals surface area contributed by atoms with Crippen LogP contribution in [-0.2, 0) is 22.6 Å². The van der Waals surface area contributed by atoms with Crippen LogP contribution in [0.5, 0.6) is 5.75 Å². The number of carbonyl (C=O) groups excluding carboxylic acids is 2. The molecule has 3 rings (SSSR count). The molecule has 6 heteroatoms. The Bertz CT molecular complexity index is 897. The van der Waals surface area contributed by atoms with E-state index in [1.807, 2.05) is 79.3 Å². The predicted octanol–water partition coefficient (Wildman–Crippen LogP) is 2.39. The molecule has 0 spiro atoms. The lowest BCUT2D eigenvalue weighted by atomic mass is 10.1. The lowest BCUT2D eigenvalue weighted by Crippen LogP contribution is -2.53. The number of nitrogens with zero attached hydrogens (tertiary/aromatic N) is 2. The van der Waals surface area contributed by atoms with E-state index in [0.717, 1.165) is 22.4 Å². The molecule has 160 valence electrons. The number of ether oxygens (including phenoxy) is 1. The van der Waals surface area contributed by atoms with Crippen LogP contribution in [0.15, 0.2) is 48.5 Å². The minimum atomic E-state index is -0.614. The Morgan fingerprint density at radius 2 is 1.97 bits per heavy atom. The van der Waals surface area contributed by atoms with Gasteiger partial charge < -0.3 is 19.9 Å². The van der Waals surface area contributed by atoms with E-state index in [4.69, 9.17) is 4.74 Å². The molecule has 0 fully saturated rings. The van der Waals surface area contributed by atoms with E-state index in [-0.39, 0.29) is 24.3 Å². The third-order valence-corrected chi connectivity index (χ3v) is 5.24. The van der Waals surface area contributed by atoms with Crippen molar-refractivity contribution in [3.05, 3.63) is 65.2 Å². The summed E-state index contributed by atoms with van der Waals surface area (Å²) in [5.41, 5.74) is 3.03. The summed E-state index contributed by atoms with van der Waals surface area (Å²) in [5, 5.41) is 2.88. The second-order valence-corrected chi connectivity index (χ2v) is 8.26. The van der Waals surface area contributed by atoms with Crippen molar-refractivity contribution in [1.29, 1.82) is 0 Å². The van der Waals surface area contributed by atoms with Gasteiger partial charge in [0.25, 0.3) is 0 Å². The van der Waals surface area contributed by atoms with Crippen LogP contribution in [0.4, 0.5) is 0 Å². The van der Waals surface area contributed by atoms with Crippen LogP contribution < -0.4 is 10.1 Å². The maximum atomic E-state index is 13.3. The Morgan fingerprint density at radius 3 is 2.70 bits per heavy atom. The van der Waals surface area contributed by atoms with Crippen molar-refractivity contribution >= 4 is 11.8 Å². The molecule has 6 nitrogen and oxygen atoms in total. The van der Waals surface area contributed by atoms with E-state index in [0.29, 0.717) is 19.7 Å². The number of para-hydroxylation sites is 1. The summed E-state index contributed by atoms with van der Waals surface area (Å²) >= 11 is 0. The van der Waals surface area contributed by atoms with Gasteiger partial charge in [-0.15, -0.1) is 0 Å². The zero-order valence-corrected chi connectivity index (χ0v) is 18.2. The largest absolute Gasteiger partial charge is 0.491 e. The lowest BCUT2D eigenvalue weighted by molar-refractivity contribution is -0.139. The molecule has 1 N–H and O–H groups in total. The molecule has 2 unspecified atom stereocenters. The van der Waals surface area contributed by atoms with Gasteiger partial charge in [0, 0.05) is 18.7 Å². The number of likely N-dealkylation sites (N-methyl/N-ethyl adjacent to an activating group) is 1. The molecular weight excluding hydrogens is 378 g/mol. The van der Waals surface area contributed by atoms with Gasteiger partial charge in [0.15, 0.2) is 0 Å². The number of hydrogen-bond acceptors (Lipinski definition) is 4. The molecule has 2 aromatic carbocycles. The first-order valence-corrected chi connectivity index (χ1v) is 10.3. The number of amides is 2. The molecule has 0 saturated carbocycles. The average molecular weight is 410 g/mol. The van der Waals surface area contributed by atoms with E-state index in [9.17, 15) is 9.59 Å². The third kappa shape index (κ3) is 5.60. The zero-order chi connectivity index (χ0) is 21.7. The molecule has 0 saturated heterocycles. The molecule has 1 aliphatic rings. The quantitative estimate of drug-likeness (QED) is 0.796.